The Morgan fingerprint density at radius 3 is 2.50 bits per heavy atom. The summed E-state index contributed by atoms with van der Waals surface area (Å²) in [7, 11) is 0. The van der Waals surface area contributed by atoms with Gasteiger partial charge in [0.2, 0.25) is 0 Å². The number of carbonyl (C=O) groups excluding carboxylic acids is 2. The highest BCUT2D eigenvalue weighted by Crippen LogP contribution is 2.16. The summed E-state index contributed by atoms with van der Waals surface area (Å²) >= 11 is 1.30. The Morgan fingerprint density at radius 1 is 1.30 bits per heavy atom. The van der Waals surface area contributed by atoms with Crippen LogP contribution in [0.3, 0.4) is 0 Å². The van der Waals surface area contributed by atoms with Crippen molar-refractivity contribution in [2.24, 2.45) is 0 Å². The molecule has 2 nitrogen and oxygen atoms in total. The molecule has 1 aliphatic rings. The zero-order valence-electron chi connectivity index (χ0n) is 5.46. The molecule has 0 heterocycles. The predicted molar refractivity (Wildman–Crippen MR) is 40.8 cm³/mol. The van der Waals surface area contributed by atoms with E-state index in [2.05, 4.69) is 0 Å². The van der Waals surface area contributed by atoms with Crippen molar-refractivity contribution >= 4 is 23.3 Å². The van der Waals surface area contributed by atoms with Gasteiger partial charge in [-0.05, 0) is 18.4 Å². The van der Waals surface area contributed by atoms with Crippen LogP contribution in [-0.2, 0) is 9.59 Å². The second-order valence-corrected chi connectivity index (χ2v) is 2.66. The Labute approximate surface area is 63.0 Å². The molecule has 0 spiro atoms. The van der Waals surface area contributed by atoms with Crippen molar-refractivity contribution in [3.8, 4) is 0 Å². The lowest BCUT2D eigenvalue weighted by atomic mass is 10.2. The minimum Gasteiger partial charge on any atom is -0.290 e. The molecular weight excluding hydrogens is 148 g/mol. The normalized spacial score (nSPS) is 17.5. The first-order valence-electron chi connectivity index (χ1n) is 2.76. The quantitative estimate of drug-likeness (QED) is 0.527. The van der Waals surface area contributed by atoms with E-state index in [1.807, 2.05) is 0 Å². The number of rotatable bonds is 1. The molecule has 0 saturated carbocycles. The van der Waals surface area contributed by atoms with Crippen molar-refractivity contribution in [1.29, 1.82) is 0 Å². The summed E-state index contributed by atoms with van der Waals surface area (Å²) < 4.78 is 0. The van der Waals surface area contributed by atoms with Crippen molar-refractivity contribution in [1.82, 2.24) is 0 Å². The molecule has 1 aliphatic carbocycles. The lowest BCUT2D eigenvalue weighted by molar-refractivity contribution is -0.114. The van der Waals surface area contributed by atoms with Crippen LogP contribution in [0.1, 0.15) is 0 Å². The minimum atomic E-state index is -0.107. The van der Waals surface area contributed by atoms with Crippen LogP contribution in [0, 0.1) is 0 Å². The molecule has 0 aromatic rings. The molecule has 0 atom stereocenters. The van der Waals surface area contributed by atoms with Gasteiger partial charge in [0.15, 0.2) is 11.6 Å². The summed E-state index contributed by atoms with van der Waals surface area (Å²) in [5.74, 6) is -0.184. The summed E-state index contributed by atoms with van der Waals surface area (Å²) in [4.78, 5) is 22.0. The van der Waals surface area contributed by atoms with Gasteiger partial charge < -0.3 is 0 Å². The molecule has 0 amide bonds. The Morgan fingerprint density at radius 2 is 2.00 bits per heavy atom. The molecule has 0 saturated heterocycles. The Bertz CT molecular complexity index is 238. The van der Waals surface area contributed by atoms with E-state index >= 15 is 0 Å². The SMILES string of the molecule is CSC1=CC(=O)C=CC1=O. The first kappa shape index (κ1) is 7.28. The van der Waals surface area contributed by atoms with E-state index in [9.17, 15) is 9.59 Å². The van der Waals surface area contributed by atoms with Crippen molar-refractivity contribution in [3.05, 3.63) is 23.1 Å². The summed E-state index contributed by atoms with van der Waals surface area (Å²) in [6.45, 7) is 0. The van der Waals surface area contributed by atoms with Gasteiger partial charge in [0, 0.05) is 6.08 Å². The number of hydrogen-bond acceptors (Lipinski definition) is 3. The Kier molecular flexibility index (Phi) is 2.06. The number of allylic oxidation sites excluding steroid dienone is 4. The molecule has 0 unspecified atom stereocenters. The summed E-state index contributed by atoms with van der Waals surface area (Å²) in [5, 5.41) is 0. The minimum absolute atomic E-state index is 0.0768. The van der Waals surface area contributed by atoms with E-state index in [0.717, 1.165) is 0 Å². The largest absolute Gasteiger partial charge is 0.290 e. The second-order valence-electron chi connectivity index (χ2n) is 1.81. The van der Waals surface area contributed by atoms with Crippen molar-refractivity contribution < 1.29 is 9.59 Å². The highest BCUT2D eigenvalue weighted by atomic mass is 32.2. The number of thioether (sulfide) groups is 1. The molecule has 0 fully saturated rings. The topological polar surface area (TPSA) is 34.1 Å². The standard InChI is InChI=1S/C7H6O2S/c1-10-7-4-5(8)2-3-6(7)9/h2-4H,1H3. The maximum absolute atomic E-state index is 10.8. The molecular formula is C7H6O2S. The number of ketones is 2. The molecule has 0 aliphatic heterocycles. The van der Waals surface area contributed by atoms with E-state index in [0.29, 0.717) is 4.91 Å². The van der Waals surface area contributed by atoms with Crippen LogP contribution >= 0.6 is 11.8 Å². The fourth-order valence-electron chi connectivity index (χ4n) is 0.648. The molecule has 0 bridgehead atoms. The highest BCUT2D eigenvalue weighted by molar-refractivity contribution is 8.03. The third kappa shape index (κ3) is 1.36. The molecule has 1 rings (SSSR count). The van der Waals surface area contributed by atoms with Crippen LogP contribution in [0.4, 0.5) is 0 Å². The third-order valence-electron chi connectivity index (χ3n) is 1.14. The van der Waals surface area contributed by atoms with E-state index in [1.54, 1.807) is 6.26 Å². The van der Waals surface area contributed by atoms with Gasteiger partial charge in [-0.2, -0.15) is 0 Å². The Hall–Kier alpha value is -0.830. The van der Waals surface area contributed by atoms with Gasteiger partial charge in [0.05, 0.1) is 4.91 Å². The van der Waals surface area contributed by atoms with Crippen LogP contribution in [-0.4, -0.2) is 17.8 Å². The van der Waals surface area contributed by atoms with Gasteiger partial charge >= 0.3 is 0 Å². The predicted octanol–water partition coefficient (Wildman–Crippen LogP) is 0.941. The van der Waals surface area contributed by atoms with E-state index in [4.69, 9.17) is 0 Å². The molecule has 10 heavy (non-hydrogen) atoms. The zero-order valence-corrected chi connectivity index (χ0v) is 6.27. The van der Waals surface area contributed by atoms with Gasteiger partial charge in [0.1, 0.15) is 0 Å². The molecule has 0 aromatic heterocycles. The van der Waals surface area contributed by atoms with Crippen LogP contribution in [0.15, 0.2) is 23.1 Å². The van der Waals surface area contributed by atoms with Gasteiger partial charge in [0.25, 0.3) is 0 Å². The smallest absolute Gasteiger partial charge is 0.192 e. The summed E-state index contributed by atoms with van der Waals surface area (Å²) in [6.07, 6.45) is 5.71. The van der Waals surface area contributed by atoms with Crippen molar-refractivity contribution in [2.75, 3.05) is 6.26 Å². The molecule has 52 valence electrons. The monoisotopic (exact) mass is 154 g/mol. The lowest BCUT2D eigenvalue weighted by Gasteiger charge is -2.00. The van der Waals surface area contributed by atoms with Crippen molar-refractivity contribution in [2.45, 2.75) is 0 Å². The van der Waals surface area contributed by atoms with Gasteiger partial charge in [-0.25, -0.2) is 0 Å². The second kappa shape index (κ2) is 2.84. The van der Waals surface area contributed by atoms with Crippen LogP contribution in [0.2, 0.25) is 0 Å². The van der Waals surface area contributed by atoms with Gasteiger partial charge in [-0.15, -0.1) is 11.8 Å². The fourth-order valence-corrected chi connectivity index (χ4v) is 1.15. The first-order chi connectivity index (χ1) is 4.74. The maximum atomic E-state index is 10.8. The third-order valence-corrected chi connectivity index (χ3v) is 1.89. The van der Waals surface area contributed by atoms with Crippen LogP contribution in [0.25, 0.3) is 0 Å². The van der Waals surface area contributed by atoms with Crippen LogP contribution in [0.5, 0.6) is 0 Å². The zero-order chi connectivity index (χ0) is 7.56. The van der Waals surface area contributed by atoms with Crippen molar-refractivity contribution in [3.63, 3.8) is 0 Å². The Balaban J connectivity index is 2.89. The number of carbonyl (C=O) groups is 2. The summed E-state index contributed by atoms with van der Waals surface area (Å²) in [5.41, 5.74) is 0. The van der Waals surface area contributed by atoms with Crippen LogP contribution < -0.4 is 0 Å². The molecule has 0 N–H and O–H groups in total. The first-order valence-corrected chi connectivity index (χ1v) is 3.98. The molecule has 0 aromatic carbocycles. The van der Waals surface area contributed by atoms with Gasteiger partial charge in [-0.3, -0.25) is 9.59 Å². The summed E-state index contributed by atoms with van der Waals surface area (Å²) in [6, 6.07) is 0. The average Bonchev–Trinajstić information content (AvgIpc) is 1.94. The van der Waals surface area contributed by atoms with E-state index in [1.165, 1.54) is 30.0 Å². The maximum Gasteiger partial charge on any atom is 0.192 e. The van der Waals surface area contributed by atoms with Gasteiger partial charge in [-0.1, -0.05) is 0 Å². The number of hydrogen-bond donors (Lipinski definition) is 0. The lowest BCUT2D eigenvalue weighted by Crippen LogP contribution is -2.04. The van der Waals surface area contributed by atoms with E-state index < -0.39 is 0 Å². The fraction of sp³-hybridized carbons (Fsp3) is 0.143. The van der Waals surface area contributed by atoms with E-state index in [-0.39, 0.29) is 11.6 Å². The molecule has 0 radical (unpaired) electrons. The average molecular weight is 154 g/mol. The highest BCUT2D eigenvalue weighted by Gasteiger charge is 2.10. The molecule has 3 heteroatoms.